The second kappa shape index (κ2) is 4.99. The van der Waals surface area contributed by atoms with Crippen LogP contribution in [-0.4, -0.2) is 16.7 Å². The Balaban J connectivity index is 2.61. The van der Waals surface area contributed by atoms with Crippen LogP contribution in [0.1, 0.15) is 39.0 Å². The molecule has 0 aliphatic carbocycles. The van der Waals surface area contributed by atoms with E-state index >= 15 is 0 Å². The highest BCUT2D eigenvalue weighted by atomic mass is 15.1. The van der Waals surface area contributed by atoms with Crippen molar-refractivity contribution >= 4 is 0 Å². The van der Waals surface area contributed by atoms with E-state index in [1.165, 1.54) is 11.3 Å². The van der Waals surface area contributed by atoms with E-state index in [2.05, 4.69) is 48.1 Å². The Bertz CT molecular complexity index is 360. The minimum absolute atomic E-state index is 0.115. The molecule has 3 nitrogen and oxygen atoms in total. The van der Waals surface area contributed by atoms with Gasteiger partial charge in [0, 0.05) is 23.2 Å². The van der Waals surface area contributed by atoms with Crippen molar-refractivity contribution in [3.63, 3.8) is 0 Å². The van der Waals surface area contributed by atoms with Gasteiger partial charge in [-0.3, -0.25) is 5.10 Å². The van der Waals surface area contributed by atoms with E-state index in [0.29, 0.717) is 0 Å². The maximum atomic E-state index is 4.09. The number of hydrogen-bond acceptors (Lipinski definition) is 2. The zero-order valence-electron chi connectivity index (χ0n) is 9.94. The predicted molar refractivity (Wildman–Crippen MR) is 62.4 cm³/mol. The van der Waals surface area contributed by atoms with Gasteiger partial charge in [0.05, 0.1) is 12.7 Å². The zero-order chi connectivity index (χ0) is 11.3. The molecule has 0 fully saturated rings. The Morgan fingerprint density at radius 3 is 2.80 bits per heavy atom. The molecule has 15 heavy (non-hydrogen) atoms. The molecule has 0 aliphatic rings. The standard InChI is InChI=1S/C12H19N3/c1-5-6-7-13-8-10-9-14-15-11(10)12(2,3)4/h9,13H,7-8H2,1-4H3,(H,14,15). The fourth-order valence-electron chi connectivity index (χ4n) is 1.44. The number of aromatic amines is 1. The van der Waals surface area contributed by atoms with Crippen LogP contribution in [0.2, 0.25) is 0 Å². The van der Waals surface area contributed by atoms with Crippen molar-refractivity contribution in [2.24, 2.45) is 0 Å². The second-order valence-electron chi connectivity index (χ2n) is 4.55. The Labute approximate surface area is 91.7 Å². The highest BCUT2D eigenvalue weighted by molar-refractivity contribution is 5.23. The predicted octanol–water partition coefficient (Wildman–Crippen LogP) is 1.82. The van der Waals surface area contributed by atoms with Crippen molar-refractivity contribution < 1.29 is 0 Å². The van der Waals surface area contributed by atoms with Crippen molar-refractivity contribution in [3.8, 4) is 11.8 Å². The molecule has 0 radical (unpaired) electrons. The molecule has 3 heteroatoms. The molecule has 1 rings (SSSR count). The van der Waals surface area contributed by atoms with E-state index in [0.717, 1.165) is 13.1 Å². The van der Waals surface area contributed by atoms with Gasteiger partial charge >= 0.3 is 0 Å². The molecule has 0 spiro atoms. The number of H-pyrrole nitrogens is 1. The van der Waals surface area contributed by atoms with Crippen molar-refractivity contribution in [3.05, 3.63) is 17.5 Å². The molecule has 1 heterocycles. The molecular formula is C12H19N3. The summed E-state index contributed by atoms with van der Waals surface area (Å²) in [7, 11) is 0. The lowest BCUT2D eigenvalue weighted by molar-refractivity contribution is 0.556. The van der Waals surface area contributed by atoms with Crippen LogP contribution in [0.3, 0.4) is 0 Å². The minimum Gasteiger partial charge on any atom is -0.302 e. The highest BCUT2D eigenvalue weighted by Crippen LogP contribution is 2.22. The van der Waals surface area contributed by atoms with Crippen LogP contribution in [0.25, 0.3) is 0 Å². The van der Waals surface area contributed by atoms with Crippen LogP contribution in [0, 0.1) is 11.8 Å². The van der Waals surface area contributed by atoms with Crippen molar-refractivity contribution in [2.75, 3.05) is 6.54 Å². The summed E-state index contributed by atoms with van der Waals surface area (Å²) in [5, 5.41) is 10.4. The third-order valence-electron chi connectivity index (χ3n) is 2.17. The Morgan fingerprint density at radius 1 is 1.47 bits per heavy atom. The summed E-state index contributed by atoms with van der Waals surface area (Å²) >= 11 is 0. The summed E-state index contributed by atoms with van der Waals surface area (Å²) in [4.78, 5) is 0. The Morgan fingerprint density at radius 2 is 2.20 bits per heavy atom. The van der Waals surface area contributed by atoms with Crippen LogP contribution >= 0.6 is 0 Å². The molecule has 2 N–H and O–H groups in total. The lowest BCUT2D eigenvalue weighted by atomic mass is 9.89. The van der Waals surface area contributed by atoms with Gasteiger partial charge in [0.1, 0.15) is 0 Å². The molecule has 0 bridgehead atoms. The topological polar surface area (TPSA) is 40.7 Å². The van der Waals surface area contributed by atoms with E-state index in [9.17, 15) is 0 Å². The van der Waals surface area contributed by atoms with E-state index in [4.69, 9.17) is 0 Å². The van der Waals surface area contributed by atoms with Gasteiger partial charge in [0.15, 0.2) is 0 Å². The quantitative estimate of drug-likeness (QED) is 0.584. The lowest BCUT2D eigenvalue weighted by Gasteiger charge is -2.18. The van der Waals surface area contributed by atoms with Gasteiger partial charge in [-0.05, 0) is 6.92 Å². The van der Waals surface area contributed by atoms with E-state index < -0.39 is 0 Å². The van der Waals surface area contributed by atoms with Gasteiger partial charge in [0.25, 0.3) is 0 Å². The van der Waals surface area contributed by atoms with Gasteiger partial charge in [-0.1, -0.05) is 26.7 Å². The number of nitrogens with one attached hydrogen (secondary N) is 2. The fourth-order valence-corrected chi connectivity index (χ4v) is 1.44. The second-order valence-corrected chi connectivity index (χ2v) is 4.55. The monoisotopic (exact) mass is 205 g/mol. The van der Waals surface area contributed by atoms with Gasteiger partial charge in [-0.2, -0.15) is 5.10 Å². The molecule has 0 saturated carbocycles. The zero-order valence-corrected chi connectivity index (χ0v) is 9.94. The first kappa shape index (κ1) is 11.8. The van der Waals surface area contributed by atoms with Crippen LogP contribution in [-0.2, 0) is 12.0 Å². The third kappa shape index (κ3) is 3.41. The summed E-state index contributed by atoms with van der Waals surface area (Å²) in [5.74, 6) is 5.83. The summed E-state index contributed by atoms with van der Waals surface area (Å²) < 4.78 is 0. The van der Waals surface area contributed by atoms with Gasteiger partial charge in [-0.25, -0.2) is 0 Å². The van der Waals surface area contributed by atoms with E-state index in [1.807, 2.05) is 13.1 Å². The highest BCUT2D eigenvalue weighted by Gasteiger charge is 2.19. The van der Waals surface area contributed by atoms with Gasteiger partial charge in [0.2, 0.25) is 0 Å². The van der Waals surface area contributed by atoms with Crippen molar-refractivity contribution in [2.45, 2.75) is 39.7 Å². The average Bonchev–Trinajstić information content (AvgIpc) is 2.59. The molecule has 0 saturated heterocycles. The SMILES string of the molecule is CC#CCNCc1cn[nH]c1C(C)(C)C. The molecule has 0 aromatic carbocycles. The molecular weight excluding hydrogens is 186 g/mol. The molecule has 82 valence electrons. The van der Waals surface area contributed by atoms with E-state index in [1.54, 1.807) is 0 Å². The number of hydrogen-bond donors (Lipinski definition) is 2. The first-order chi connectivity index (χ1) is 7.05. The van der Waals surface area contributed by atoms with E-state index in [-0.39, 0.29) is 5.41 Å². The number of rotatable bonds is 3. The van der Waals surface area contributed by atoms with Gasteiger partial charge < -0.3 is 5.32 Å². The molecule has 1 aromatic heterocycles. The van der Waals surface area contributed by atoms with Gasteiger partial charge in [-0.15, -0.1) is 5.92 Å². The fraction of sp³-hybridized carbons (Fsp3) is 0.583. The normalized spacial score (nSPS) is 10.9. The first-order valence-electron chi connectivity index (χ1n) is 5.18. The number of aromatic nitrogens is 2. The maximum absolute atomic E-state index is 4.09. The summed E-state index contributed by atoms with van der Waals surface area (Å²) in [6.07, 6.45) is 1.88. The number of nitrogens with zero attached hydrogens (tertiary/aromatic N) is 1. The van der Waals surface area contributed by atoms with Crippen LogP contribution < -0.4 is 5.32 Å². The Kier molecular flexibility index (Phi) is 3.93. The maximum Gasteiger partial charge on any atom is 0.0579 e. The van der Waals surface area contributed by atoms with Crippen molar-refractivity contribution in [1.29, 1.82) is 0 Å². The molecule has 1 aromatic rings. The smallest absolute Gasteiger partial charge is 0.0579 e. The Hall–Kier alpha value is -1.27. The van der Waals surface area contributed by atoms with Crippen LogP contribution in [0.5, 0.6) is 0 Å². The lowest BCUT2D eigenvalue weighted by Crippen LogP contribution is -2.19. The summed E-state index contributed by atoms with van der Waals surface area (Å²) in [5.41, 5.74) is 2.53. The minimum atomic E-state index is 0.115. The average molecular weight is 205 g/mol. The summed E-state index contributed by atoms with van der Waals surface area (Å²) in [6.45, 7) is 9.92. The van der Waals surface area contributed by atoms with Crippen LogP contribution in [0.15, 0.2) is 6.20 Å². The molecule has 0 aliphatic heterocycles. The third-order valence-corrected chi connectivity index (χ3v) is 2.17. The molecule has 0 amide bonds. The summed E-state index contributed by atoms with van der Waals surface area (Å²) in [6, 6.07) is 0. The molecule has 0 unspecified atom stereocenters. The van der Waals surface area contributed by atoms with Crippen molar-refractivity contribution in [1.82, 2.24) is 15.5 Å². The molecule has 0 atom stereocenters. The van der Waals surface area contributed by atoms with Crippen LogP contribution in [0.4, 0.5) is 0 Å². The first-order valence-corrected chi connectivity index (χ1v) is 5.18. The largest absolute Gasteiger partial charge is 0.302 e.